The Morgan fingerprint density at radius 1 is 1.50 bits per heavy atom. The molecule has 98 valence electrons. The molecule has 1 unspecified atom stereocenters. The highest BCUT2D eigenvalue weighted by atomic mass is 31.1. The van der Waals surface area contributed by atoms with Crippen molar-refractivity contribution in [1.82, 2.24) is 19.5 Å². The maximum absolute atomic E-state index is 10.5. The van der Waals surface area contributed by atoms with Crippen LogP contribution in [0.2, 0.25) is 0 Å². The summed E-state index contributed by atoms with van der Waals surface area (Å²) in [5.41, 5.74) is 1.39. The third-order valence-electron chi connectivity index (χ3n) is 2.34. The molecular weight excluding hydrogens is 257 g/mol. The van der Waals surface area contributed by atoms with Gasteiger partial charge in [0.25, 0.3) is 0 Å². The molecule has 2 heterocycles. The molecule has 1 atom stereocenters. The normalized spacial score (nSPS) is 12.8. The van der Waals surface area contributed by atoms with Crippen molar-refractivity contribution in [3.8, 4) is 0 Å². The van der Waals surface area contributed by atoms with Gasteiger partial charge < -0.3 is 19.5 Å². The number of nitrogens with one attached hydrogen (secondary N) is 1. The van der Waals surface area contributed by atoms with E-state index >= 15 is 0 Å². The van der Waals surface area contributed by atoms with Crippen molar-refractivity contribution in [2.45, 2.75) is 6.54 Å². The molecule has 0 spiro atoms. The molecule has 0 fully saturated rings. The van der Waals surface area contributed by atoms with Crippen LogP contribution in [0.4, 0.5) is 5.82 Å². The van der Waals surface area contributed by atoms with Crippen molar-refractivity contribution < 1.29 is 14.2 Å². The van der Waals surface area contributed by atoms with E-state index < -0.39 is 8.03 Å². The van der Waals surface area contributed by atoms with Gasteiger partial charge in [-0.15, -0.1) is 0 Å². The first-order valence-corrected chi connectivity index (χ1v) is 6.91. The monoisotopic (exact) mass is 271 g/mol. The van der Waals surface area contributed by atoms with Gasteiger partial charge in [-0.25, -0.2) is 15.0 Å². The molecule has 2 aromatic heterocycles. The molecule has 2 N–H and O–H groups in total. The fourth-order valence-electron chi connectivity index (χ4n) is 1.55. The lowest BCUT2D eigenvalue weighted by Gasteiger charge is -2.04. The largest absolute Gasteiger partial charge is 0.371 e. The topological polar surface area (TPSA) is 102 Å². The van der Waals surface area contributed by atoms with Gasteiger partial charge in [0, 0.05) is 13.6 Å². The standard InChI is InChI=1S/C9H14N5O3P/c1-10-8-7-9(12-4-11-8)14(5-13-7)2-3-17-6-18(15)16/h4-5,18H,2-3,6H2,1H3,(H,15,16)(H,10,11,12). The van der Waals surface area contributed by atoms with Crippen molar-refractivity contribution in [2.75, 3.05) is 25.3 Å². The van der Waals surface area contributed by atoms with Crippen LogP contribution in [0.3, 0.4) is 0 Å². The summed E-state index contributed by atoms with van der Waals surface area (Å²) < 4.78 is 17.3. The van der Waals surface area contributed by atoms with Crippen LogP contribution < -0.4 is 5.32 Å². The van der Waals surface area contributed by atoms with Crippen molar-refractivity contribution in [3.63, 3.8) is 0 Å². The lowest BCUT2D eigenvalue weighted by molar-refractivity contribution is 0.163. The lowest BCUT2D eigenvalue weighted by Crippen LogP contribution is -2.05. The number of anilines is 1. The minimum absolute atomic E-state index is 0.117. The summed E-state index contributed by atoms with van der Waals surface area (Å²) in [6.07, 6.45) is 2.99. The zero-order valence-corrected chi connectivity index (χ0v) is 10.8. The van der Waals surface area contributed by atoms with Gasteiger partial charge in [-0.3, -0.25) is 4.57 Å². The highest BCUT2D eigenvalue weighted by molar-refractivity contribution is 7.37. The number of aromatic nitrogens is 4. The molecule has 2 rings (SSSR count). The molecule has 2 aromatic rings. The highest BCUT2D eigenvalue weighted by Crippen LogP contribution is 2.16. The van der Waals surface area contributed by atoms with E-state index in [1.165, 1.54) is 6.33 Å². The number of hydrogen-bond donors (Lipinski definition) is 2. The molecule has 0 aliphatic heterocycles. The molecule has 0 aliphatic carbocycles. The molecule has 0 bridgehead atoms. The van der Waals surface area contributed by atoms with E-state index in [1.54, 1.807) is 13.4 Å². The lowest BCUT2D eigenvalue weighted by atomic mass is 10.5. The molecule has 18 heavy (non-hydrogen) atoms. The van der Waals surface area contributed by atoms with Crippen LogP contribution in [0.5, 0.6) is 0 Å². The Kier molecular flexibility index (Phi) is 4.24. The van der Waals surface area contributed by atoms with Crippen molar-refractivity contribution >= 4 is 25.0 Å². The second-order valence-electron chi connectivity index (χ2n) is 3.53. The average molecular weight is 271 g/mol. The molecule has 0 aliphatic rings. The molecule has 0 saturated heterocycles. The Morgan fingerprint density at radius 3 is 3.06 bits per heavy atom. The zero-order chi connectivity index (χ0) is 13.0. The van der Waals surface area contributed by atoms with E-state index in [0.29, 0.717) is 30.1 Å². The Balaban J connectivity index is 2.07. The third-order valence-corrected chi connectivity index (χ3v) is 2.79. The Bertz CT molecular complexity index is 558. The van der Waals surface area contributed by atoms with Gasteiger partial charge in [0.2, 0.25) is 8.03 Å². The molecule has 8 nitrogen and oxygen atoms in total. The van der Waals surface area contributed by atoms with Gasteiger partial charge in [0.15, 0.2) is 11.5 Å². The number of imidazole rings is 1. The zero-order valence-electron chi connectivity index (χ0n) is 9.83. The number of nitrogens with zero attached hydrogens (tertiary/aromatic N) is 4. The van der Waals surface area contributed by atoms with E-state index in [-0.39, 0.29) is 6.35 Å². The van der Waals surface area contributed by atoms with Gasteiger partial charge in [-0.2, -0.15) is 0 Å². The smallest absolute Gasteiger partial charge is 0.214 e. The average Bonchev–Trinajstić information content (AvgIpc) is 2.77. The summed E-state index contributed by atoms with van der Waals surface area (Å²) in [5, 5.41) is 2.94. The van der Waals surface area contributed by atoms with Crippen LogP contribution in [0.1, 0.15) is 0 Å². The summed E-state index contributed by atoms with van der Waals surface area (Å²) in [5.74, 6) is 0.667. The first-order valence-electron chi connectivity index (χ1n) is 5.35. The van der Waals surface area contributed by atoms with Crippen LogP contribution >= 0.6 is 8.03 Å². The Labute approximate surface area is 104 Å². The van der Waals surface area contributed by atoms with Crippen LogP contribution in [0, 0.1) is 0 Å². The number of fused-ring (bicyclic) bond motifs is 1. The Morgan fingerprint density at radius 2 is 2.33 bits per heavy atom. The summed E-state index contributed by atoms with van der Waals surface area (Å²) in [4.78, 5) is 21.1. The molecule has 0 saturated carbocycles. The first-order chi connectivity index (χ1) is 8.72. The first kappa shape index (κ1) is 12.9. The van der Waals surface area contributed by atoms with Crippen LogP contribution in [-0.4, -0.2) is 44.4 Å². The van der Waals surface area contributed by atoms with Gasteiger partial charge in [0.1, 0.15) is 18.2 Å². The minimum atomic E-state index is -2.56. The van der Waals surface area contributed by atoms with E-state index in [0.717, 1.165) is 0 Å². The quantitative estimate of drug-likeness (QED) is 0.575. The van der Waals surface area contributed by atoms with Crippen molar-refractivity contribution in [2.24, 2.45) is 0 Å². The van der Waals surface area contributed by atoms with E-state index in [1.807, 2.05) is 4.57 Å². The van der Waals surface area contributed by atoms with Crippen LogP contribution in [-0.2, 0) is 15.8 Å². The number of ether oxygens (including phenoxy) is 1. The Hall–Kier alpha value is -1.50. The van der Waals surface area contributed by atoms with Gasteiger partial charge >= 0.3 is 0 Å². The van der Waals surface area contributed by atoms with Gasteiger partial charge in [0.05, 0.1) is 12.9 Å². The van der Waals surface area contributed by atoms with Crippen molar-refractivity contribution in [3.05, 3.63) is 12.7 Å². The SMILES string of the molecule is CNc1ncnc2c1ncn2CCOC[PH](=O)O. The molecular formula is C9H14N5O3P. The summed E-state index contributed by atoms with van der Waals surface area (Å²) in [6, 6.07) is 0. The second-order valence-corrected chi connectivity index (χ2v) is 4.60. The fourth-order valence-corrected chi connectivity index (χ4v) is 1.87. The highest BCUT2D eigenvalue weighted by Gasteiger charge is 2.08. The number of hydrogen-bond acceptors (Lipinski definition) is 6. The van der Waals surface area contributed by atoms with Crippen LogP contribution in [0.15, 0.2) is 12.7 Å². The van der Waals surface area contributed by atoms with E-state index in [9.17, 15) is 4.57 Å². The van der Waals surface area contributed by atoms with Gasteiger partial charge in [-0.05, 0) is 0 Å². The fraction of sp³-hybridized carbons (Fsp3) is 0.444. The third kappa shape index (κ3) is 2.84. The molecule has 0 amide bonds. The van der Waals surface area contributed by atoms with E-state index in [2.05, 4.69) is 20.3 Å². The van der Waals surface area contributed by atoms with Crippen LogP contribution in [0.25, 0.3) is 11.2 Å². The summed E-state index contributed by atoms with van der Waals surface area (Å²) in [6.45, 7) is 0.854. The predicted octanol–water partition coefficient (Wildman–Crippen LogP) is 0.309. The molecule has 0 radical (unpaired) electrons. The maximum atomic E-state index is 10.5. The minimum Gasteiger partial charge on any atom is -0.371 e. The summed E-state index contributed by atoms with van der Waals surface area (Å²) in [7, 11) is -0.794. The van der Waals surface area contributed by atoms with Crippen molar-refractivity contribution in [1.29, 1.82) is 0 Å². The number of rotatable bonds is 6. The molecule has 0 aromatic carbocycles. The summed E-state index contributed by atoms with van der Waals surface area (Å²) >= 11 is 0. The molecule has 9 heteroatoms. The van der Waals surface area contributed by atoms with E-state index in [4.69, 9.17) is 9.63 Å². The van der Waals surface area contributed by atoms with Gasteiger partial charge in [-0.1, -0.05) is 0 Å². The predicted molar refractivity (Wildman–Crippen MR) is 66.9 cm³/mol. The maximum Gasteiger partial charge on any atom is 0.214 e. The second kappa shape index (κ2) is 5.90.